The van der Waals surface area contributed by atoms with E-state index in [1.54, 1.807) is 12.3 Å². The van der Waals surface area contributed by atoms with Gasteiger partial charge < -0.3 is 5.11 Å². The van der Waals surface area contributed by atoms with Crippen molar-refractivity contribution in [2.24, 2.45) is 0 Å². The minimum absolute atomic E-state index is 0.280. The van der Waals surface area contributed by atoms with Crippen LogP contribution in [0.1, 0.15) is 96.5 Å². The molecule has 0 saturated carbocycles. The number of unbranched alkanes of at least 4 members (excludes halogenated alkanes) is 10. The summed E-state index contributed by atoms with van der Waals surface area (Å²) in [5.41, 5.74) is 2.01. The maximum atomic E-state index is 10.1. The highest BCUT2D eigenvalue weighted by Gasteiger charge is 2.11. The lowest BCUT2D eigenvalue weighted by molar-refractivity contribution is 0.253. The van der Waals surface area contributed by atoms with Crippen molar-refractivity contribution in [1.82, 2.24) is 9.88 Å². The number of aromatic hydroxyl groups is 1. The van der Waals surface area contributed by atoms with E-state index in [0.717, 1.165) is 17.4 Å². The van der Waals surface area contributed by atoms with Crippen LogP contribution < -0.4 is 0 Å². The Morgan fingerprint density at radius 2 is 1.34 bits per heavy atom. The molecule has 0 bridgehead atoms. The fourth-order valence-electron chi connectivity index (χ4n) is 4.10. The molecule has 3 nitrogen and oxygen atoms in total. The standard InChI is InChI=1S/C26H42N2O/c1-3-5-7-9-11-13-20-28(21-14-12-10-8-6-4-2)22-23-17-18-25(29)26-24(23)16-15-19-27-26/h15-19,29H,3-14,20-22H2,1-2H3. The van der Waals surface area contributed by atoms with Crippen molar-refractivity contribution in [2.45, 2.75) is 97.4 Å². The Morgan fingerprint density at radius 3 is 1.97 bits per heavy atom. The van der Waals surface area contributed by atoms with E-state index in [2.05, 4.69) is 35.9 Å². The molecule has 2 rings (SSSR count). The molecule has 29 heavy (non-hydrogen) atoms. The van der Waals surface area contributed by atoms with E-state index in [0.29, 0.717) is 0 Å². The van der Waals surface area contributed by atoms with E-state index in [1.165, 1.54) is 95.7 Å². The molecule has 2 aromatic rings. The lowest BCUT2D eigenvalue weighted by Crippen LogP contribution is -2.26. The van der Waals surface area contributed by atoms with E-state index < -0.39 is 0 Å². The number of hydrogen-bond acceptors (Lipinski definition) is 3. The predicted molar refractivity (Wildman–Crippen MR) is 125 cm³/mol. The Labute approximate surface area is 178 Å². The van der Waals surface area contributed by atoms with Crippen LogP contribution in [0, 0.1) is 0 Å². The van der Waals surface area contributed by atoms with Crippen molar-refractivity contribution in [3.63, 3.8) is 0 Å². The van der Waals surface area contributed by atoms with Gasteiger partial charge in [-0.1, -0.05) is 90.2 Å². The molecule has 0 unspecified atom stereocenters. The van der Waals surface area contributed by atoms with Gasteiger partial charge in [0.25, 0.3) is 0 Å². The van der Waals surface area contributed by atoms with E-state index in [9.17, 15) is 5.11 Å². The fraction of sp³-hybridized carbons (Fsp3) is 0.654. The zero-order chi connectivity index (χ0) is 20.7. The SMILES string of the molecule is CCCCCCCCN(CCCCCCCC)Cc1ccc(O)c2ncccc12. The zero-order valence-corrected chi connectivity index (χ0v) is 18.8. The molecule has 1 heterocycles. The zero-order valence-electron chi connectivity index (χ0n) is 18.8. The summed E-state index contributed by atoms with van der Waals surface area (Å²) in [6.07, 6.45) is 17.9. The summed E-state index contributed by atoms with van der Waals surface area (Å²) >= 11 is 0. The lowest BCUT2D eigenvalue weighted by atomic mass is 10.1. The Balaban J connectivity index is 1.92. The van der Waals surface area contributed by atoms with E-state index in [4.69, 9.17) is 0 Å². The smallest absolute Gasteiger partial charge is 0.141 e. The van der Waals surface area contributed by atoms with Gasteiger partial charge in [0.1, 0.15) is 11.3 Å². The maximum Gasteiger partial charge on any atom is 0.141 e. The van der Waals surface area contributed by atoms with Gasteiger partial charge in [0.05, 0.1) is 0 Å². The molecule has 1 aromatic carbocycles. The van der Waals surface area contributed by atoms with Crippen LogP contribution >= 0.6 is 0 Å². The maximum absolute atomic E-state index is 10.1. The first kappa shape index (κ1) is 23.7. The summed E-state index contributed by atoms with van der Waals surface area (Å²) < 4.78 is 0. The number of hydrogen-bond donors (Lipinski definition) is 1. The molecule has 0 aliphatic rings. The molecule has 0 fully saturated rings. The quantitative estimate of drug-likeness (QED) is 0.298. The van der Waals surface area contributed by atoms with Gasteiger partial charge in [-0.05, 0) is 43.6 Å². The molecule has 0 spiro atoms. The van der Waals surface area contributed by atoms with Gasteiger partial charge in [0, 0.05) is 18.1 Å². The number of phenols is 1. The van der Waals surface area contributed by atoms with Crippen LogP contribution in [-0.4, -0.2) is 28.1 Å². The molecule has 0 aliphatic carbocycles. The highest BCUT2D eigenvalue weighted by molar-refractivity contribution is 5.87. The molecular formula is C26H42N2O. The number of nitrogens with zero attached hydrogens (tertiary/aromatic N) is 2. The third-order valence-electron chi connectivity index (χ3n) is 5.89. The first-order valence-electron chi connectivity index (χ1n) is 12.0. The van der Waals surface area contributed by atoms with Crippen LogP contribution in [0.5, 0.6) is 5.75 Å². The largest absolute Gasteiger partial charge is 0.506 e. The lowest BCUT2D eigenvalue weighted by Gasteiger charge is -2.23. The first-order valence-corrected chi connectivity index (χ1v) is 12.0. The molecule has 162 valence electrons. The Kier molecular flexibility index (Phi) is 11.7. The van der Waals surface area contributed by atoms with Gasteiger partial charge in [-0.2, -0.15) is 0 Å². The number of fused-ring (bicyclic) bond motifs is 1. The van der Waals surface area contributed by atoms with Crippen LogP contribution in [0.4, 0.5) is 0 Å². The topological polar surface area (TPSA) is 36.4 Å². The van der Waals surface area contributed by atoms with Gasteiger partial charge in [0.15, 0.2) is 0 Å². The van der Waals surface area contributed by atoms with Gasteiger partial charge in [0.2, 0.25) is 0 Å². The van der Waals surface area contributed by atoms with Crippen molar-refractivity contribution >= 4 is 10.9 Å². The highest BCUT2D eigenvalue weighted by atomic mass is 16.3. The average Bonchev–Trinajstić information content (AvgIpc) is 2.74. The summed E-state index contributed by atoms with van der Waals surface area (Å²) in [6.45, 7) is 7.85. The third kappa shape index (κ3) is 8.74. The van der Waals surface area contributed by atoms with Crippen molar-refractivity contribution in [1.29, 1.82) is 0 Å². The van der Waals surface area contributed by atoms with Crippen LogP contribution in [-0.2, 0) is 6.54 Å². The Hall–Kier alpha value is -1.61. The second-order valence-electron chi connectivity index (χ2n) is 8.46. The molecule has 0 saturated heterocycles. The molecule has 0 radical (unpaired) electrons. The number of aromatic nitrogens is 1. The van der Waals surface area contributed by atoms with E-state index in [-0.39, 0.29) is 5.75 Å². The van der Waals surface area contributed by atoms with Crippen molar-refractivity contribution in [2.75, 3.05) is 13.1 Å². The summed E-state index contributed by atoms with van der Waals surface area (Å²) in [5.74, 6) is 0.280. The monoisotopic (exact) mass is 398 g/mol. The fourth-order valence-corrected chi connectivity index (χ4v) is 4.10. The van der Waals surface area contributed by atoms with Crippen LogP contribution in [0.15, 0.2) is 30.5 Å². The number of pyridine rings is 1. The van der Waals surface area contributed by atoms with Gasteiger partial charge in [-0.25, -0.2) is 0 Å². The predicted octanol–water partition coefficient (Wildman–Crippen LogP) is 7.46. The van der Waals surface area contributed by atoms with Crippen LogP contribution in [0.25, 0.3) is 10.9 Å². The van der Waals surface area contributed by atoms with E-state index in [1.807, 2.05) is 6.07 Å². The van der Waals surface area contributed by atoms with Crippen LogP contribution in [0.3, 0.4) is 0 Å². The molecule has 1 aromatic heterocycles. The number of phenolic OH excluding ortho intramolecular Hbond substituents is 1. The van der Waals surface area contributed by atoms with Crippen molar-refractivity contribution < 1.29 is 5.11 Å². The molecule has 1 N–H and O–H groups in total. The van der Waals surface area contributed by atoms with Gasteiger partial charge >= 0.3 is 0 Å². The molecule has 0 atom stereocenters. The number of benzene rings is 1. The summed E-state index contributed by atoms with van der Waals surface area (Å²) in [6, 6.07) is 7.94. The van der Waals surface area contributed by atoms with Gasteiger partial charge in [-0.3, -0.25) is 9.88 Å². The second-order valence-corrected chi connectivity index (χ2v) is 8.46. The number of rotatable bonds is 16. The second kappa shape index (κ2) is 14.4. The normalized spacial score (nSPS) is 11.6. The average molecular weight is 399 g/mol. The summed E-state index contributed by atoms with van der Waals surface area (Å²) in [5, 5.41) is 11.2. The molecular weight excluding hydrogens is 356 g/mol. The highest BCUT2D eigenvalue weighted by Crippen LogP contribution is 2.26. The van der Waals surface area contributed by atoms with Gasteiger partial charge in [-0.15, -0.1) is 0 Å². The van der Waals surface area contributed by atoms with Crippen molar-refractivity contribution in [3.8, 4) is 5.75 Å². The van der Waals surface area contributed by atoms with Crippen molar-refractivity contribution in [3.05, 3.63) is 36.0 Å². The van der Waals surface area contributed by atoms with Crippen LogP contribution in [0.2, 0.25) is 0 Å². The minimum atomic E-state index is 0.280. The summed E-state index contributed by atoms with van der Waals surface area (Å²) in [7, 11) is 0. The Morgan fingerprint density at radius 1 is 0.759 bits per heavy atom. The Bertz CT molecular complexity index is 669. The molecule has 3 heteroatoms. The van der Waals surface area contributed by atoms with E-state index >= 15 is 0 Å². The molecule has 0 amide bonds. The summed E-state index contributed by atoms with van der Waals surface area (Å²) in [4.78, 5) is 7.01. The first-order chi connectivity index (χ1) is 14.3. The third-order valence-corrected chi connectivity index (χ3v) is 5.89. The molecule has 0 aliphatic heterocycles. The minimum Gasteiger partial charge on any atom is -0.506 e.